The zero-order valence-corrected chi connectivity index (χ0v) is 15.9. The van der Waals surface area contributed by atoms with Crippen LogP contribution in [0.15, 0.2) is 38.4 Å². The van der Waals surface area contributed by atoms with Crippen molar-refractivity contribution in [2.24, 2.45) is 0 Å². The summed E-state index contributed by atoms with van der Waals surface area (Å²) in [6.45, 7) is 2.42. The van der Waals surface area contributed by atoms with Gasteiger partial charge < -0.3 is 19.1 Å². The molecule has 0 amide bonds. The summed E-state index contributed by atoms with van der Waals surface area (Å²) in [6.07, 6.45) is -4.70. The number of hydrogen-bond donors (Lipinski definition) is 0. The largest absolute Gasteiger partial charge is 0.471 e. The van der Waals surface area contributed by atoms with Crippen molar-refractivity contribution in [2.75, 3.05) is 43.2 Å². The summed E-state index contributed by atoms with van der Waals surface area (Å²) in [7, 11) is 1.71. The summed E-state index contributed by atoms with van der Waals surface area (Å²) in [4.78, 5) is 31.1. The zero-order chi connectivity index (χ0) is 21.5. The molecule has 0 aliphatic carbocycles. The van der Waals surface area contributed by atoms with Crippen LogP contribution < -0.4 is 20.7 Å². The molecule has 0 spiro atoms. The van der Waals surface area contributed by atoms with Crippen LogP contribution in [0, 0.1) is 0 Å². The van der Waals surface area contributed by atoms with Crippen molar-refractivity contribution in [3.63, 3.8) is 0 Å². The highest BCUT2D eigenvalue weighted by molar-refractivity contribution is 5.76. The van der Waals surface area contributed by atoms with E-state index in [1.807, 2.05) is 4.90 Å². The van der Waals surface area contributed by atoms with Crippen LogP contribution in [0.2, 0.25) is 0 Å². The number of anilines is 2. The fourth-order valence-electron chi connectivity index (χ4n) is 3.37. The van der Waals surface area contributed by atoms with Crippen molar-refractivity contribution in [3.8, 4) is 11.4 Å². The molecule has 2 heterocycles. The van der Waals surface area contributed by atoms with Crippen LogP contribution in [0.4, 0.5) is 24.5 Å². The van der Waals surface area contributed by atoms with E-state index < -0.39 is 22.9 Å². The molecule has 0 saturated carbocycles. The summed E-state index contributed by atoms with van der Waals surface area (Å²) in [6, 6.07) is 6.52. The molecule has 1 saturated heterocycles. The van der Waals surface area contributed by atoms with Gasteiger partial charge in [0.25, 0.3) is 10.9 Å². The predicted molar refractivity (Wildman–Crippen MR) is 101 cm³/mol. The molecule has 11 heteroatoms. The van der Waals surface area contributed by atoms with Crippen molar-refractivity contribution in [3.05, 3.63) is 56.2 Å². The number of alkyl halides is 3. The molecular formula is C19H17F3N4O4. The quantitative estimate of drug-likeness (QED) is 0.576. The molecule has 0 unspecified atom stereocenters. The molecule has 0 N–H and O–H groups in total. The average Bonchev–Trinajstić information content (AvgIpc) is 3.23. The van der Waals surface area contributed by atoms with E-state index in [2.05, 4.69) is 14.7 Å². The number of halogens is 3. The van der Waals surface area contributed by atoms with E-state index in [0.717, 1.165) is 5.56 Å². The topological polar surface area (TPSA) is 88.8 Å². The Morgan fingerprint density at radius 3 is 2.37 bits per heavy atom. The van der Waals surface area contributed by atoms with E-state index in [4.69, 9.17) is 4.74 Å². The number of nitrogens with zero attached hydrogens (tertiary/aromatic N) is 4. The number of hydrogen-bond acceptors (Lipinski definition) is 8. The molecule has 0 bridgehead atoms. The van der Waals surface area contributed by atoms with E-state index in [1.165, 1.54) is 0 Å². The van der Waals surface area contributed by atoms with Gasteiger partial charge in [0.2, 0.25) is 5.82 Å². The van der Waals surface area contributed by atoms with Crippen molar-refractivity contribution < 1.29 is 22.4 Å². The smallest absolute Gasteiger partial charge is 0.378 e. The maximum atomic E-state index is 12.6. The van der Waals surface area contributed by atoms with E-state index >= 15 is 0 Å². The monoisotopic (exact) mass is 422 g/mol. The lowest BCUT2D eigenvalue weighted by molar-refractivity contribution is -0.159. The summed E-state index contributed by atoms with van der Waals surface area (Å²) in [5.41, 5.74) is 0.909. The Labute approximate surface area is 168 Å². The molecule has 1 aliphatic rings. The molecule has 30 heavy (non-hydrogen) atoms. The molecule has 2 aromatic carbocycles. The molecule has 0 atom stereocenters. The minimum atomic E-state index is -4.70. The standard InChI is InChI=1S/C19H17F3N4O4/c1-25(13-14(16(28)15(13)27)26-6-8-29-9-7-26)10-11-2-4-12(5-3-11)17-23-18(30-24-17)19(20,21)22/h2-5H,6-10H2,1H3. The van der Waals surface area contributed by atoms with Gasteiger partial charge in [-0.05, 0) is 5.56 Å². The van der Waals surface area contributed by atoms with Gasteiger partial charge in [-0.25, -0.2) is 0 Å². The first kappa shape index (κ1) is 20.1. The first-order valence-corrected chi connectivity index (χ1v) is 9.13. The molecule has 1 fully saturated rings. The molecule has 4 rings (SSSR count). The maximum Gasteiger partial charge on any atom is 0.471 e. The normalized spacial score (nSPS) is 15.0. The SMILES string of the molecule is CN(Cc1ccc(-c2noc(C(F)(F)F)n2)cc1)c1c(N2CCOCC2)c(=O)c1=O. The van der Waals surface area contributed by atoms with E-state index in [1.54, 1.807) is 36.2 Å². The predicted octanol–water partition coefficient (Wildman–Crippen LogP) is 1.82. The maximum absolute atomic E-state index is 12.6. The van der Waals surface area contributed by atoms with Crippen molar-refractivity contribution in [2.45, 2.75) is 12.7 Å². The van der Waals surface area contributed by atoms with Gasteiger partial charge in [0.1, 0.15) is 11.4 Å². The van der Waals surface area contributed by atoms with Crippen LogP contribution in [0.5, 0.6) is 0 Å². The lowest BCUT2D eigenvalue weighted by atomic mass is 10.1. The fraction of sp³-hybridized carbons (Fsp3) is 0.368. The Morgan fingerprint density at radius 2 is 1.77 bits per heavy atom. The number of aromatic nitrogens is 2. The highest BCUT2D eigenvalue weighted by Crippen LogP contribution is 2.30. The zero-order valence-electron chi connectivity index (χ0n) is 15.9. The number of rotatable bonds is 5. The highest BCUT2D eigenvalue weighted by Gasteiger charge is 2.38. The van der Waals surface area contributed by atoms with E-state index in [9.17, 15) is 22.8 Å². The van der Waals surface area contributed by atoms with Gasteiger partial charge in [-0.3, -0.25) is 9.59 Å². The average molecular weight is 422 g/mol. The number of benzene rings is 1. The second-order valence-electron chi connectivity index (χ2n) is 6.93. The lowest BCUT2D eigenvalue weighted by Gasteiger charge is -2.33. The number of ether oxygens (including phenoxy) is 1. The van der Waals surface area contributed by atoms with Gasteiger partial charge in [0, 0.05) is 32.2 Å². The lowest BCUT2D eigenvalue weighted by Crippen LogP contribution is -2.48. The van der Waals surface area contributed by atoms with Crippen molar-refractivity contribution in [1.82, 2.24) is 10.1 Å². The van der Waals surface area contributed by atoms with Crippen LogP contribution in [0.3, 0.4) is 0 Å². The van der Waals surface area contributed by atoms with Gasteiger partial charge in [0.15, 0.2) is 0 Å². The Bertz CT molecular complexity index is 1110. The van der Waals surface area contributed by atoms with Gasteiger partial charge in [-0.15, -0.1) is 0 Å². The van der Waals surface area contributed by atoms with Gasteiger partial charge in [-0.2, -0.15) is 18.2 Å². The Hall–Kier alpha value is -3.21. The molecule has 158 valence electrons. The third-order valence-electron chi connectivity index (χ3n) is 4.87. The molecule has 8 nitrogen and oxygen atoms in total. The summed E-state index contributed by atoms with van der Waals surface area (Å²) < 4.78 is 47.3. The van der Waals surface area contributed by atoms with E-state index in [0.29, 0.717) is 49.8 Å². The van der Waals surface area contributed by atoms with Crippen LogP contribution >= 0.6 is 0 Å². The number of morpholine rings is 1. The minimum Gasteiger partial charge on any atom is -0.378 e. The second-order valence-corrected chi connectivity index (χ2v) is 6.93. The van der Waals surface area contributed by atoms with Crippen molar-refractivity contribution in [1.29, 1.82) is 0 Å². The second kappa shape index (κ2) is 7.56. The van der Waals surface area contributed by atoms with Crippen LogP contribution in [-0.4, -0.2) is 43.5 Å². The fourth-order valence-corrected chi connectivity index (χ4v) is 3.37. The molecule has 1 aliphatic heterocycles. The first-order valence-electron chi connectivity index (χ1n) is 9.13. The summed E-state index contributed by atoms with van der Waals surface area (Å²) >= 11 is 0. The summed E-state index contributed by atoms with van der Waals surface area (Å²) in [5, 5.41) is 3.35. The Kier molecular flexibility index (Phi) is 5.06. The van der Waals surface area contributed by atoms with Crippen LogP contribution in [-0.2, 0) is 17.5 Å². The van der Waals surface area contributed by atoms with E-state index in [-0.39, 0.29) is 5.82 Å². The van der Waals surface area contributed by atoms with Crippen LogP contribution in [0.25, 0.3) is 11.4 Å². The highest BCUT2D eigenvalue weighted by atomic mass is 19.4. The third kappa shape index (κ3) is 3.67. The van der Waals surface area contributed by atoms with Crippen LogP contribution in [0.1, 0.15) is 11.5 Å². The Morgan fingerprint density at radius 1 is 1.10 bits per heavy atom. The van der Waals surface area contributed by atoms with Gasteiger partial charge >= 0.3 is 12.1 Å². The van der Waals surface area contributed by atoms with Crippen molar-refractivity contribution >= 4 is 11.4 Å². The Balaban J connectivity index is 1.49. The molecule has 0 radical (unpaired) electrons. The third-order valence-corrected chi connectivity index (χ3v) is 4.87. The first-order chi connectivity index (χ1) is 14.3. The molecule has 1 aromatic heterocycles. The molecular weight excluding hydrogens is 405 g/mol. The van der Waals surface area contributed by atoms with Gasteiger partial charge in [0.05, 0.1) is 13.2 Å². The van der Waals surface area contributed by atoms with Gasteiger partial charge in [-0.1, -0.05) is 29.4 Å². The minimum absolute atomic E-state index is 0.167. The summed E-state index contributed by atoms with van der Waals surface area (Å²) in [5.74, 6) is -1.57. The molecule has 3 aromatic rings.